The smallest absolute Gasteiger partial charge is 0.0858 e. The lowest BCUT2D eigenvalue weighted by Gasteiger charge is -2.37. The first kappa shape index (κ1) is 23.8. The summed E-state index contributed by atoms with van der Waals surface area (Å²) in [6.07, 6.45) is 4.86. The van der Waals surface area contributed by atoms with E-state index in [2.05, 4.69) is 39.5 Å². The molecule has 1 heterocycles. The molecule has 0 aromatic carbocycles. The van der Waals surface area contributed by atoms with Gasteiger partial charge in [-0.15, -0.1) is 0 Å². The van der Waals surface area contributed by atoms with Gasteiger partial charge in [-0.2, -0.15) is 0 Å². The molecule has 4 heteroatoms. The summed E-state index contributed by atoms with van der Waals surface area (Å²) in [6.45, 7) is 19.6. The lowest BCUT2D eigenvalue weighted by atomic mass is 10.0. The topological polar surface area (TPSA) is 30.9 Å². The molecule has 0 atom stereocenters. The van der Waals surface area contributed by atoms with E-state index in [1.54, 1.807) is 7.11 Å². The van der Waals surface area contributed by atoms with Crippen LogP contribution in [0.5, 0.6) is 0 Å². The van der Waals surface area contributed by atoms with E-state index in [1.165, 1.54) is 26.1 Å². The van der Waals surface area contributed by atoms with Crippen LogP contribution in [0, 0.1) is 0 Å². The van der Waals surface area contributed by atoms with E-state index in [-0.39, 0.29) is 11.2 Å². The minimum atomic E-state index is -0.226. The van der Waals surface area contributed by atoms with Crippen molar-refractivity contribution in [2.75, 3.05) is 40.0 Å². The Labute approximate surface area is 151 Å². The van der Waals surface area contributed by atoms with Crippen molar-refractivity contribution >= 4 is 0 Å². The van der Waals surface area contributed by atoms with Crippen molar-refractivity contribution in [2.24, 2.45) is 0 Å². The summed E-state index contributed by atoms with van der Waals surface area (Å²) in [5.41, 5.74) is -0.350. The van der Waals surface area contributed by atoms with Crippen molar-refractivity contribution < 1.29 is 14.2 Å². The molecule has 0 radical (unpaired) electrons. The molecule has 0 saturated carbocycles. The molecule has 1 aliphatic heterocycles. The standard InChI is InChI=1S/C18H37NO3.C2H6/c1-7-11-19-12-8-16(9-13-19)22-17(2,3)10-14-21-18(4,5)15-20-6;1-2/h16H,7-15H2,1-6H3;1-2H3. The summed E-state index contributed by atoms with van der Waals surface area (Å²) in [5, 5.41) is 0. The SMILES string of the molecule is CC.CCCN1CCC(OC(C)(C)CCOC(C)(C)COC)CC1. The molecular formula is C20H43NO3. The zero-order chi connectivity index (χ0) is 18.6. The van der Waals surface area contributed by atoms with E-state index in [4.69, 9.17) is 14.2 Å². The molecule has 1 fully saturated rings. The highest BCUT2D eigenvalue weighted by Crippen LogP contribution is 2.24. The minimum absolute atomic E-state index is 0.124. The number of nitrogens with zero attached hydrogens (tertiary/aromatic N) is 1. The third-order valence-corrected chi connectivity index (χ3v) is 4.25. The van der Waals surface area contributed by atoms with Crippen LogP contribution in [0.4, 0.5) is 0 Å². The molecule has 146 valence electrons. The zero-order valence-electron chi connectivity index (χ0n) is 17.6. The Morgan fingerprint density at radius 2 is 1.58 bits per heavy atom. The van der Waals surface area contributed by atoms with Crippen LogP contribution < -0.4 is 0 Å². The Bertz CT molecular complexity index is 297. The van der Waals surface area contributed by atoms with Crippen molar-refractivity contribution in [3.8, 4) is 0 Å². The van der Waals surface area contributed by atoms with Gasteiger partial charge in [0, 0.05) is 20.2 Å². The van der Waals surface area contributed by atoms with Crippen molar-refractivity contribution in [1.82, 2.24) is 4.90 Å². The summed E-state index contributed by atoms with van der Waals surface area (Å²) in [6, 6.07) is 0. The average molecular weight is 346 g/mol. The van der Waals surface area contributed by atoms with Crippen molar-refractivity contribution in [2.45, 2.75) is 91.5 Å². The van der Waals surface area contributed by atoms with Crippen molar-refractivity contribution in [3.63, 3.8) is 0 Å². The number of hydrogen-bond donors (Lipinski definition) is 0. The maximum absolute atomic E-state index is 6.34. The van der Waals surface area contributed by atoms with Gasteiger partial charge in [-0.25, -0.2) is 0 Å². The highest BCUT2D eigenvalue weighted by atomic mass is 16.5. The Morgan fingerprint density at radius 3 is 2.08 bits per heavy atom. The van der Waals surface area contributed by atoms with Crippen LogP contribution in [-0.4, -0.2) is 62.2 Å². The van der Waals surface area contributed by atoms with E-state index in [9.17, 15) is 0 Å². The molecule has 0 spiro atoms. The van der Waals surface area contributed by atoms with Gasteiger partial charge in [0.05, 0.1) is 30.5 Å². The second kappa shape index (κ2) is 12.2. The number of piperidine rings is 1. The Hall–Kier alpha value is -0.160. The molecule has 0 N–H and O–H groups in total. The third-order valence-electron chi connectivity index (χ3n) is 4.25. The van der Waals surface area contributed by atoms with Crippen LogP contribution in [0.15, 0.2) is 0 Å². The van der Waals surface area contributed by atoms with Crippen LogP contribution in [-0.2, 0) is 14.2 Å². The number of ether oxygens (including phenoxy) is 3. The summed E-state index contributed by atoms with van der Waals surface area (Å²) in [5.74, 6) is 0. The number of rotatable bonds is 10. The molecule has 0 amide bonds. The van der Waals surface area contributed by atoms with Crippen LogP contribution in [0.25, 0.3) is 0 Å². The van der Waals surface area contributed by atoms with Gasteiger partial charge in [0.1, 0.15) is 0 Å². The van der Waals surface area contributed by atoms with E-state index < -0.39 is 0 Å². The molecule has 1 aliphatic rings. The second-order valence-electron chi connectivity index (χ2n) is 7.71. The predicted octanol–water partition coefficient (Wildman–Crippen LogP) is 4.51. The van der Waals surface area contributed by atoms with E-state index in [0.29, 0.717) is 19.3 Å². The highest BCUT2D eigenvalue weighted by Gasteiger charge is 2.28. The molecule has 4 nitrogen and oxygen atoms in total. The molecule has 24 heavy (non-hydrogen) atoms. The third kappa shape index (κ3) is 10.7. The Balaban J connectivity index is 0.00000254. The number of hydrogen-bond acceptors (Lipinski definition) is 4. The fourth-order valence-electron chi connectivity index (χ4n) is 3.04. The fourth-order valence-corrected chi connectivity index (χ4v) is 3.04. The average Bonchev–Trinajstić information content (AvgIpc) is 2.50. The first-order valence-corrected chi connectivity index (χ1v) is 9.81. The van der Waals surface area contributed by atoms with Gasteiger partial charge in [0.15, 0.2) is 0 Å². The largest absolute Gasteiger partial charge is 0.382 e. The summed E-state index contributed by atoms with van der Waals surface area (Å²) in [4.78, 5) is 2.54. The molecule has 0 bridgehead atoms. The maximum Gasteiger partial charge on any atom is 0.0858 e. The Morgan fingerprint density at radius 1 is 1.00 bits per heavy atom. The first-order valence-electron chi connectivity index (χ1n) is 9.81. The van der Waals surface area contributed by atoms with Gasteiger partial charge in [0.25, 0.3) is 0 Å². The predicted molar refractivity (Wildman–Crippen MR) is 103 cm³/mol. The summed E-state index contributed by atoms with van der Waals surface area (Å²) < 4.78 is 17.5. The maximum atomic E-state index is 6.34. The van der Waals surface area contributed by atoms with Crippen LogP contribution in [0.2, 0.25) is 0 Å². The van der Waals surface area contributed by atoms with Crippen LogP contribution in [0.1, 0.15) is 74.1 Å². The monoisotopic (exact) mass is 345 g/mol. The minimum Gasteiger partial charge on any atom is -0.382 e. The van der Waals surface area contributed by atoms with Crippen molar-refractivity contribution in [3.05, 3.63) is 0 Å². The van der Waals surface area contributed by atoms with Gasteiger partial charge in [-0.3, -0.25) is 0 Å². The second-order valence-corrected chi connectivity index (χ2v) is 7.71. The molecule has 0 aromatic rings. The molecule has 1 rings (SSSR count). The normalized spacial score (nSPS) is 17.5. The lowest BCUT2D eigenvalue weighted by molar-refractivity contribution is -0.122. The molecular weight excluding hydrogens is 302 g/mol. The van der Waals surface area contributed by atoms with Crippen LogP contribution in [0.3, 0.4) is 0 Å². The number of methoxy groups -OCH3 is 1. The van der Waals surface area contributed by atoms with E-state index in [1.807, 2.05) is 13.8 Å². The fraction of sp³-hybridized carbons (Fsp3) is 1.00. The summed E-state index contributed by atoms with van der Waals surface area (Å²) in [7, 11) is 1.71. The van der Waals surface area contributed by atoms with Crippen molar-refractivity contribution in [1.29, 1.82) is 0 Å². The van der Waals surface area contributed by atoms with Gasteiger partial charge in [-0.1, -0.05) is 20.8 Å². The quantitative estimate of drug-likeness (QED) is 0.583. The molecule has 0 aromatic heterocycles. The molecule has 0 aliphatic carbocycles. The molecule has 1 saturated heterocycles. The van der Waals surface area contributed by atoms with Crippen LogP contribution >= 0.6 is 0 Å². The number of likely N-dealkylation sites (tertiary alicyclic amines) is 1. The Kier molecular flexibility index (Phi) is 12.2. The lowest BCUT2D eigenvalue weighted by Crippen LogP contribution is -2.41. The molecule has 0 unspecified atom stereocenters. The van der Waals surface area contributed by atoms with E-state index >= 15 is 0 Å². The summed E-state index contributed by atoms with van der Waals surface area (Å²) >= 11 is 0. The van der Waals surface area contributed by atoms with Gasteiger partial charge < -0.3 is 19.1 Å². The van der Waals surface area contributed by atoms with Gasteiger partial charge >= 0.3 is 0 Å². The van der Waals surface area contributed by atoms with Gasteiger partial charge in [-0.05, 0) is 59.9 Å². The zero-order valence-corrected chi connectivity index (χ0v) is 17.6. The van der Waals surface area contributed by atoms with Gasteiger partial charge in [0.2, 0.25) is 0 Å². The first-order chi connectivity index (χ1) is 11.3. The highest BCUT2D eigenvalue weighted by molar-refractivity contribution is 4.78. The van der Waals surface area contributed by atoms with E-state index in [0.717, 1.165) is 19.3 Å².